The minimum absolute atomic E-state index is 0.215. The highest BCUT2D eigenvalue weighted by molar-refractivity contribution is 7.94. The van der Waals surface area contributed by atoms with Crippen molar-refractivity contribution < 1.29 is 3.89 Å². The number of halogens is 1. The first-order valence-corrected chi connectivity index (χ1v) is 5.57. The Morgan fingerprint density at radius 3 is 1.47 bits per heavy atom. The Hall–Kier alpha value is -1.28. The molecule has 2 heteroatoms. The third-order valence-electron chi connectivity index (χ3n) is 2.29. The van der Waals surface area contributed by atoms with E-state index in [9.17, 15) is 3.89 Å². The molecule has 76 valence electrons. The quantitative estimate of drug-likeness (QED) is 0.736. The summed E-state index contributed by atoms with van der Waals surface area (Å²) in [6.07, 6.45) is 0. The lowest BCUT2D eigenvalue weighted by Crippen LogP contribution is -1.93. The van der Waals surface area contributed by atoms with Crippen LogP contribution in [-0.2, 0) is 0 Å². The van der Waals surface area contributed by atoms with Gasteiger partial charge in [0.2, 0.25) is 0 Å². The standard InChI is InChI=1S/C13H11FS/c14-15-13(11-7-3-1-4-8-11)12-9-5-2-6-10-12/h1-10,13H. The van der Waals surface area contributed by atoms with E-state index < -0.39 is 0 Å². The van der Waals surface area contributed by atoms with Crippen LogP contribution in [0.5, 0.6) is 0 Å². The maximum atomic E-state index is 12.9. The Balaban J connectivity index is 2.34. The van der Waals surface area contributed by atoms with Gasteiger partial charge >= 0.3 is 0 Å². The van der Waals surface area contributed by atoms with E-state index >= 15 is 0 Å². The van der Waals surface area contributed by atoms with Gasteiger partial charge < -0.3 is 0 Å². The van der Waals surface area contributed by atoms with Crippen molar-refractivity contribution in [3.05, 3.63) is 71.8 Å². The zero-order valence-corrected chi connectivity index (χ0v) is 8.95. The Labute approximate surface area is 93.4 Å². The Morgan fingerprint density at radius 2 is 1.13 bits per heavy atom. The van der Waals surface area contributed by atoms with E-state index in [1.807, 2.05) is 60.7 Å². The largest absolute Gasteiger partial charge is 0.164 e. The molecular formula is C13H11FS. The van der Waals surface area contributed by atoms with Crippen LogP contribution in [-0.4, -0.2) is 0 Å². The van der Waals surface area contributed by atoms with Crippen molar-refractivity contribution in [2.75, 3.05) is 0 Å². The van der Waals surface area contributed by atoms with Crippen LogP contribution in [0.1, 0.15) is 16.4 Å². The van der Waals surface area contributed by atoms with Crippen LogP contribution >= 0.6 is 12.1 Å². The van der Waals surface area contributed by atoms with Gasteiger partial charge in [0.1, 0.15) is 0 Å². The molecule has 0 saturated carbocycles. The summed E-state index contributed by atoms with van der Waals surface area (Å²) in [6, 6.07) is 19.4. The highest BCUT2D eigenvalue weighted by Gasteiger charge is 2.13. The van der Waals surface area contributed by atoms with E-state index in [1.165, 1.54) is 0 Å². The van der Waals surface area contributed by atoms with Gasteiger partial charge in [0.15, 0.2) is 0 Å². The molecule has 0 radical (unpaired) electrons. The Morgan fingerprint density at radius 1 is 0.733 bits per heavy atom. The van der Waals surface area contributed by atoms with E-state index in [1.54, 1.807) is 0 Å². The first kappa shape index (κ1) is 10.2. The van der Waals surface area contributed by atoms with Crippen LogP contribution in [0.3, 0.4) is 0 Å². The minimum atomic E-state index is -0.215. The molecule has 0 aliphatic heterocycles. The predicted molar refractivity (Wildman–Crippen MR) is 63.4 cm³/mol. The number of benzene rings is 2. The lowest BCUT2D eigenvalue weighted by molar-refractivity contribution is 0.914. The molecule has 0 fully saturated rings. The second kappa shape index (κ2) is 4.99. The van der Waals surface area contributed by atoms with Gasteiger partial charge in [-0.2, -0.15) is 3.89 Å². The molecule has 0 amide bonds. The lowest BCUT2D eigenvalue weighted by atomic mass is 10.0. The van der Waals surface area contributed by atoms with Crippen LogP contribution in [0.15, 0.2) is 60.7 Å². The highest BCUT2D eigenvalue weighted by atomic mass is 32.2. The van der Waals surface area contributed by atoms with Crippen molar-refractivity contribution in [2.45, 2.75) is 5.25 Å². The third-order valence-corrected chi connectivity index (χ3v) is 3.02. The van der Waals surface area contributed by atoms with Crippen molar-refractivity contribution in [3.63, 3.8) is 0 Å². The summed E-state index contributed by atoms with van der Waals surface area (Å²) in [4.78, 5) is 0. The molecule has 0 aromatic heterocycles. The summed E-state index contributed by atoms with van der Waals surface area (Å²) < 4.78 is 12.9. The average Bonchev–Trinajstić information content (AvgIpc) is 2.33. The Kier molecular flexibility index (Phi) is 3.41. The summed E-state index contributed by atoms with van der Waals surface area (Å²) in [5, 5.41) is -0.215. The topological polar surface area (TPSA) is 0 Å². The highest BCUT2D eigenvalue weighted by Crippen LogP contribution is 2.35. The van der Waals surface area contributed by atoms with Gasteiger partial charge in [-0.25, -0.2) is 0 Å². The fraction of sp³-hybridized carbons (Fsp3) is 0.0769. The predicted octanol–water partition coefficient (Wildman–Crippen LogP) is 4.39. The van der Waals surface area contributed by atoms with E-state index in [-0.39, 0.29) is 5.25 Å². The zero-order valence-electron chi connectivity index (χ0n) is 8.14. The molecule has 0 aliphatic rings. The normalized spacial score (nSPS) is 10.5. The van der Waals surface area contributed by atoms with Gasteiger partial charge in [-0.3, -0.25) is 0 Å². The van der Waals surface area contributed by atoms with E-state index in [0.717, 1.165) is 11.1 Å². The lowest BCUT2D eigenvalue weighted by Gasteiger charge is -2.12. The van der Waals surface area contributed by atoms with E-state index in [4.69, 9.17) is 0 Å². The molecular weight excluding hydrogens is 207 g/mol. The summed E-state index contributed by atoms with van der Waals surface area (Å²) >= 11 is 0.376. The zero-order chi connectivity index (χ0) is 10.5. The van der Waals surface area contributed by atoms with Crippen LogP contribution in [0.2, 0.25) is 0 Å². The summed E-state index contributed by atoms with van der Waals surface area (Å²) in [5.41, 5.74) is 1.99. The molecule has 0 atom stereocenters. The van der Waals surface area contributed by atoms with Gasteiger partial charge in [-0.05, 0) is 11.1 Å². The van der Waals surface area contributed by atoms with Gasteiger partial charge in [0.05, 0.1) is 17.4 Å². The van der Waals surface area contributed by atoms with Crippen LogP contribution in [0, 0.1) is 0 Å². The monoisotopic (exact) mass is 218 g/mol. The maximum Gasteiger partial charge on any atom is 0.0862 e. The van der Waals surface area contributed by atoms with Crippen molar-refractivity contribution in [1.82, 2.24) is 0 Å². The van der Waals surface area contributed by atoms with Crippen molar-refractivity contribution in [3.8, 4) is 0 Å². The molecule has 0 bridgehead atoms. The van der Waals surface area contributed by atoms with Crippen LogP contribution in [0.25, 0.3) is 0 Å². The molecule has 0 nitrogen and oxygen atoms in total. The van der Waals surface area contributed by atoms with Crippen molar-refractivity contribution in [2.24, 2.45) is 0 Å². The first-order valence-electron chi connectivity index (χ1n) is 4.79. The first-order chi connectivity index (χ1) is 7.42. The molecule has 0 aliphatic carbocycles. The average molecular weight is 218 g/mol. The Bertz CT molecular complexity index is 360. The fourth-order valence-electron chi connectivity index (χ4n) is 1.55. The maximum absolute atomic E-state index is 12.9. The van der Waals surface area contributed by atoms with Crippen LogP contribution in [0.4, 0.5) is 3.89 Å². The second-order valence-electron chi connectivity index (χ2n) is 3.29. The van der Waals surface area contributed by atoms with Gasteiger partial charge in [-0.15, -0.1) is 0 Å². The molecule has 2 aromatic carbocycles. The number of rotatable bonds is 3. The number of hydrogen-bond acceptors (Lipinski definition) is 1. The van der Waals surface area contributed by atoms with E-state index in [0.29, 0.717) is 12.1 Å². The molecule has 0 spiro atoms. The molecule has 0 saturated heterocycles. The van der Waals surface area contributed by atoms with Gasteiger partial charge in [-0.1, -0.05) is 60.7 Å². The molecule has 2 aromatic rings. The molecule has 0 unspecified atom stereocenters. The van der Waals surface area contributed by atoms with Gasteiger partial charge in [0.25, 0.3) is 0 Å². The molecule has 0 N–H and O–H groups in total. The van der Waals surface area contributed by atoms with Crippen molar-refractivity contribution in [1.29, 1.82) is 0 Å². The molecule has 15 heavy (non-hydrogen) atoms. The summed E-state index contributed by atoms with van der Waals surface area (Å²) in [5.74, 6) is 0. The summed E-state index contributed by atoms with van der Waals surface area (Å²) in [7, 11) is 0. The second-order valence-corrected chi connectivity index (χ2v) is 3.94. The van der Waals surface area contributed by atoms with Crippen molar-refractivity contribution >= 4 is 12.1 Å². The third kappa shape index (κ3) is 2.39. The summed E-state index contributed by atoms with van der Waals surface area (Å²) in [6.45, 7) is 0. The van der Waals surface area contributed by atoms with Crippen LogP contribution < -0.4 is 0 Å². The SMILES string of the molecule is FSC(c1ccccc1)c1ccccc1. The minimum Gasteiger partial charge on any atom is -0.164 e. The molecule has 0 heterocycles. The molecule has 2 rings (SSSR count). The number of hydrogen-bond donors (Lipinski definition) is 0. The fourth-order valence-corrected chi connectivity index (χ4v) is 2.07. The smallest absolute Gasteiger partial charge is 0.0862 e. The van der Waals surface area contributed by atoms with E-state index in [2.05, 4.69) is 0 Å². The van der Waals surface area contributed by atoms with Gasteiger partial charge in [0, 0.05) is 0 Å².